The molecule has 1 heterocycles. The molecule has 0 saturated heterocycles. The molecule has 0 unspecified atom stereocenters. The Balaban J connectivity index is 2.85. The van der Waals surface area contributed by atoms with Gasteiger partial charge in [-0.2, -0.15) is 0 Å². The average Bonchev–Trinajstić information content (AvgIpc) is 2.59. The van der Waals surface area contributed by atoms with Gasteiger partial charge in [0.25, 0.3) is 0 Å². The summed E-state index contributed by atoms with van der Waals surface area (Å²) >= 11 is 6.29. The molecule has 1 aromatic heterocycles. The van der Waals surface area contributed by atoms with Gasteiger partial charge in [-0.15, -0.1) is 0 Å². The molecule has 0 fully saturated rings. The van der Waals surface area contributed by atoms with Crippen LogP contribution < -0.4 is 4.74 Å². The molecule has 3 nitrogen and oxygen atoms in total. The Kier molecular flexibility index (Phi) is 2.84. The van der Waals surface area contributed by atoms with Gasteiger partial charge in [-0.3, -0.25) is 0 Å². The zero-order chi connectivity index (χ0) is 12.8. The molecule has 0 atom stereocenters. The Morgan fingerprint density at radius 1 is 1.35 bits per heavy atom. The monoisotopic (exact) mass is 254 g/mol. The number of aryl methyl sites for hydroxylation is 1. The van der Waals surface area contributed by atoms with E-state index in [1.165, 1.54) is 0 Å². The minimum atomic E-state index is -1.02. The molecule has 0 aliphatic rings. The summed E-state index contributed by atoms with van der Waals surface area (Å²) in [7, 11) is 1.56. The molecule has 0 aliphatic heterocycles. The lowest BCUT2D eigenvalue weighted by molar-refractivity contribution is 0.0786. The third kappa shape index (κ3) is 2.01. The second kappa shape index (κ2) is 3.93. The second-order valence-corrected chi connectivity index (χ2v) is 4.98. The molecular weight excluding hydrogens is 240 g/mol. The van der Waals surface area contributed by atoms with Crippen molar-refractivity contribution in [3.63, 3.8) is 0 Å². The molecule has 0 saturated carbocycles. The summed E-state index contributed by atoms with van der Waals surface area (Å²) in [5.41, 5.74) is 0.219. The highest BCUT2D eigenvalue weighted by Gasteiger charge is 2.24. The van der Waals surface area contributed by atoms with Crippen molar-refractivity contribution in [2.75, 3.05) is 7.11 Å². The van der Waals surface area contributed by atoms with E-state index < -0.39 is 5.60 Å². The number of furan rings is 1. The van der Waals surface area contributed by atoms with Gasteiger partial charge in [0, 0.05) is 10.9 Å². The van der Waals surface area contributed by atoms with Crippen LogP contribution in [-0.4, -0.2) is 12.2 Å². The molecule has 2 aromatic rings. The number of halogens is 1. The maximum atomic E-state index is 10.1. The standard InChI is InChI=1S/C13H15ClO3/c1-7-5-8-11(14)9(13(2,3)15)6-10(16-4)12(8)17-7/h5-6,15H,1-4H3. The van der Waals surface area contributed by atoms with Crippen LogP contribution >= 0.6 is 11.6 Å². The lowest BCUT2D eigenvalue weighted by atomic mass is 9.96. The highest BCUT2D eigenvalue weighted by molar-refractivity contribution is 6.36. The van der Waals surface area contributed by atoms with E-state index in [4.69, 9.17) is 20.8 Å². The van der Waals surface area contributed by atoms with E-state index in [-0.39, 0.29) is 0 Å². The predicted molar refractivity (Wildman–Crippen MR) is 67.8 cm³/mol. The molecule has 2 rings (SSSR count). The number of hydrogen-bond donors (Lipinski definition) is 1. The first-order valence-corrected chi connectivity index (χ1v) is 5.72. The summed E-state index contributed by atoms with van der Waals surface area (Å²) in [6.45, 7) is 5.22. The highest BCUT2D eigenvalue weighted by Crippen LogP contribution is 2.40. The molecule has 92 valence electrons. The zero-order valence-electron chi connectivity index (χ0n) is 10.3. The fourth-order valence-corrected chi connectivity index (χ4v) is 2.29. The van der Waals surface area contributed by atoms with E-state index in [1.807, 2.05) is 13.0 Å². The smallest absolute Gasteiger partial charge is 0.177 e. The SMILES string of the molecule is COc1cc(C(C)(C)O)c(Cl)c2cc(C)oc12. The van der Waals surface area contributed by atoms with E-state index >= 15 is 0 Å². The first-order chi connectivity index (χ1) is 7.84. The fraction of sp³-hybridized carbons (Fsp3) is 0.385. The summed E-state index contributed by atoms with van der Waals surface area (Å²) in [4.78, 5) is 0. The lowest BCUT2D eigenvalue weighted by Crippen LogP contribution is -2.16. The van der Waals surface area contributed by atoms with Crippen LogP contribution in [0, 0.1) is 6.92 Å². The fourth-order valence-electron chi connectivity index (χ4n) is 1.86. The maximum Gasteiger partial charge on any atom is 0.177 e. The number of benzene rings is 1. The summed E-state index contributed by atoms with van der Waals surface area (Å²) < 4.78 is 10.8. The number of hydrogen-bond acceptors (Lipinski definition) is 3. The van der Waals surface area contributed by atoms with Gasteiger partial charge >= 0.3 is 0 Å². The van der Waals surface area contributed by atoms with Crippen molar-refractivity contribution in [3.05, 3.63) is 28.5 Å². The van der Waals surface area contributed by atoms with Crippen molar-refractivity contribution < 1.29 is 14.3 Å². The largest absolute Gasteiger partial charge is 0.493 e. The van der Waals surface area contributed by atoms with Crippen molar-refractivity contribution >= 4 is 22.6 Å². The quantitative estimate of drug-likeness (QED) is 0.890. The van der Waals surface area contributed by atoms with Gasteiger partial charge < -0.3 is 14.3 Å². The van der Waals surface area contributed by atoms with E-state index in [9.17, 15) is 5.11 Å². The molecule has 0 amide bonds. The van der Waals surface area contributed by atoms with Crippen LogP contribution in [0.2, 0.25) is 5.02 Å². The summed E-state index contributed by atoms with van der Waals surface area (Å²) in [5.74, 6) is 1.34. The van der Waals surface area contributed by atoms with Crippen LogP contribution in [-0.2, 0) is 5.60 Å². The molecule has 4 heteroatoms. The number of ether oxygens (including phenoxy) is 1. The van der Waals surface area contributed by atoms with Crippen LogP contribution in [0.5, 0.6) is 5.75 Å². The Morgan fingerprint density at radius 2 is 2.00 bits per heavy atom. The molecular formula is C13H15ClO3. The topological polar surface area (TPSA) is 42.6 Å². The number of methoxy groups -OCH3 is 1. The van der Waals surface area contributed by atoms with Gasteiger partial charge in [0.1, 0.15) is 5.76 Å². The van der Waals surface area contributed by atoms with Gasteiger partial charge in [-0.1, -0.05) is 11.6 Å². The number of rotatable bonds is 2. The summed E-state index contributed by atoms with van der Waals surface area (Å²) in [5, 5.41) is 11.4. The van der Waals surface area contributed by atoms with Crippen LogP contribution in [0.15, 0.2) is 16.5 Å². The van der Waals surface area contributed by atoms with Gasteiger partial charge in [-0.05, 0) is 32.9 Å². The van der Waals surface area contributed by atoms with E-state index in [0.717, 1.165) is 11.1 Å². The maximum absolute atomic E-state index is 10.1. The summed E-state index contributed by atoms with van der Waals surface area (Å²) in [6, 6.07) is 3.56. The molecule has 0 bridgehead atoms. The molecule has 0 radical (unpaired) electrons. The molecule has 0 spiro atoms. The second-order valence-electron chi connectivity index (χ2n) is 4.60. The van der Waals surface area contributed by atoms with Gasteiger partial charge in [0.05, 0.1) is 17.7 Å². The minimum absolute atomic E-state index is 0.505. The van der Waals surface area contributed by atoms with Gasteiger partial charge in [0.2, 0.25) is 0 Å². The Hall–Kier alpha value is -1.19. The lowest BCUT2D eigenvalue weighted by Gasteiger charge is -2.20. The predicted octanol–water partition coefficient (Wildman–Crippen LogP) is 3.63. The number of aliphatic hydroxyl groups is 1. The average molecular weight is 255 g/mol. The van der Waals surface area contributed by atoms with E-state index in [0.29, 0.717) is 21.9 Å². The third-order valence-corrected chi connectivity index (χ3v) is 3.11. The van der Waals surface area contributed by atoms with Crippen LogP contribution in [0.25, 0.3) is 11.0 Å². The Bertz CT molecular complexity index is 564. The van der Waals surface area contributed by atoms with Crippen molar-refractivity contribution in [2.24, 2.45) is 0 Å². The van der Waals surface area contributed by atoms with Crippen molar-refractivity contribution in [1.82, 2.24) is 0 Å². The Labute approximate surface area is 105 Å². The van der Waals surface area contributed by atoms with Crippen LogP contribution in [0.4, 0.5) is 0 Å². The first-order valence-electron chi connectivity index (χ1n) is 5.34. The normalized spacial score (nSPS) is 12.1. The first kappa shape index (κ1) is 12.3. The van der Waals surface area contributed by atoms with Crippen molar-refractivity contribution in [3.8, 4) is 5.75 Å². The van der Waals surface area contributed by atoms with Crippen molar-refractivity contribution in [1.29, 1.82) is 0 Å². The van der Waals surface area contributed by atoms with E-state index in [2.05, 4.69) is 0 Å². The highest BCUT2D eigenvalue weighted by atomic mass is 35.5. The molecule has 1 aromatic carbocycles. The molecule has 17 heavy (non-hydrogen) atoms. The van der Waals surface area contributed by atoms with Crippen molar-refractivity contribution in [2.45, 2.75) is 26.4 Å². The molecule has 0 aliphatic carbocycles. The van der Waals surface area contributed by atoms with Crippen LogP contribution in [0.1, 0.15) is 25.2 Å². The van der Waals surface area contributed by atoms with Gasteiger partial charge in [0.15, 0.2) is 11.3 Å². The van der Waals surface area contributed by atoms with E-state index in [1.54, 1.807) is 27.0 Å². The Morgan fingerprint density at radius 3 is 2.53 bits per heavy atom. The number of fused-ring (bicyclic) bond motifs is 1. The summed E-state index contributed by atoms with van der Waals surface area (Å²) in [6.07, 6.45) is 0. The third-order valence-electron chi connectivity index (χ3n) is 2.71. The van der Waals surface area contributed by atoms with Crippen LogP contribution in [0.3, 0.4) is 0 Å². The zero-order valence-corrected chi connectivity index (χ0v) is 11.1. The minimum Gasteiger partial charge on any atom is -0.493 e. The molecule has 1 N–H and O–H groups in total. The van der Waals surface area contributed by atoms with Gasteiger partial charge in [-0.25, -0.2) is 0 Å².